The van der Waals surface area contributed by atoms with Crippen molar-refractivity contribution in [2.75, 3.05) is 19.6 Å². The van der Waals surface area contributed by atoms with Gasteiger partial charge in [-0.3, -0.25) is 4.90 Å². The number of piperazine rings is 1. The van der Waals surface area contributed by atoms with E-state index in [2.05, 4.69) is 44.8 Å². The molecule has 20 heavy (non-hydrogen) atoms. The maximum absolute atomic E-state index is 3.89. The van der Waals surface area contributed by atoms with E-state index in [4.69, 9.17) is 0 Å². The Balaban J connectivity index is 2.10. The van der Waals surface area contributed by atoms with E-state index in [1.54, 1.807) is 0 Å². The van der Waals surface area contributed by atoms with E-state index in [1.807, 2.05) is 0 Å². The van der Waals surface area contributed by atoms with Crippen molar-refractivity contribution < 1.29 is 0 Å². The van der Waals surface area contributed by atoms with Crippen molar-refractivity contribution in [1.29, 1.82) is 0 Å². The average Bonchev–Trinajstić information content (AvgIpc) is 2.42. The maximum atomic E-state index is 3.89. The van der Waals surface area contributed by atoms with Crippen LogP contribution < -0.4 is 5.32 Å². The third-order valence-electron chi connectivity index (χ3n) is 6.49. The largest absolute Gasteiger partial charge is 0.308 e. The fourth-order valence-electron chi connectivity index (χ4n) is 4.30. The molecule has 0 amide bonds. The highest BCUT2D eigenvalue weighted by Crippen LogP contribution is 2.45. The zero-order valence-electron chi connectivity index (χ0n) is 14.5. The second-order valence-corrected chi connectivity index (χ2v) is 7.79. The number of hydrogen-bond donors (Lipinski definition) is 1. The Morgan fingerprint density at radius 1 is 1.10 bits per heavy atom. The fraction of sp³-hybridized carbons (Fsp3) is 1.00. The Hall–Kier alpha value is -0.0800. The minimum absolute atomic E-state index is 0.365. The van der Waals surface area contributed by atoms with Crippen molar-refractivity contribution in [2.45, 2.75) is 84.7 Å². The molecule has 1 saturated heterocycles. The maximum Gasteiger partial charge on any atom is 0.0304 e. The van der Waals surface area contributed by atoms with Crippen molar-refractivity contribution >= 4 is 0 Å². The molecule has 0 radical (unpaired) electrons. The topological polar surface area (TPSA) is 15.3 Å². The molecular weight excluding hydrogens is 244 g/mol. The normalized spacial score (nSPS) is 29.4. The molecular formula is C18H36N2. The third kappa shape index (κ3) is 3.06. The zero-order valence-corrected chi connectivity index (χ0v) is 14.5. The lowest BCUT2D eigenvalue weighted by Crippen LogP contribution is -2.66. The Kier molecular flexibility index (Phi) is 5.18. The van der Waals surface area contributed by atoms with Gasteiger partial charge in [0.05, 0.1) is 0 Å². The molecule has 1 atom stereocenters. The van der Waals surface area contributed by atoms with E-state index in [1.165, 1.54) is 58.2 Å². The van der Waals surface area contributed by atoms with E-state index in [9.17, 15) is 0 Å². The second kappa shape index (κ2) is 6.36. The van der Waals surface area contributed by atoms with E-state index >= 15 is 0 Å². The van der Waals surface area contributed by atoms with Gasteiger partial charge < -0.3 is 5.32 Å². The molecule has 1 unspecified atom stereocenters. The minimum Gasteiger partial charge on any atom is -0.308 e. The smallest absolute Gasteiger partial charge is 0.0304 e. The first-order valence-corrected chi connectivity index (χ1v) is 8.99. The molecule has 118 valence electrons. The van der Waals surface area contributed by atoms with Gasteiger partial charge in [0.15, 0.2) is 0 Å². The van der Waals surface area contributed by atoms with Crippen LogP contribution in [0.15, 0.2) is 0 Å². The summed E-state index contributed by atoms with van der Waals surface area (Å²) < 4.78 is 0. The summed E-state index contributed by atoms with van der Waals surface area (Å²) in [6.45, 7) is 15.7. The molecule has 2 heteroatoms. The number of nitrogens with one attached hydrogen (secondary N) is 1. The molecule has 0 spiro atoms. The van der Waals surface area contributed by atoms with Crippen molar-refractivity contribution in [3.63, 3.8) is 0 Å². The van der Waals surface area contributed by atoms with Crippen LogP contribution in [-0.2, 0) is 0 Å². The zero-order chi connectivity index (χ0) is 14.8. The molecule has 1 saturated carbocycles. The van der Waals surface area contributed by atoms with Gasteiger partial charge in [-0.1, -0.05) is 41.0 Å². The molecule has 2 rings (SSSR count). The molecule has 0 aromatic rings. The van der Waals surface area contributed by atoms with Crippen molar-refractivity contribution in [1.82, 2.24) is 10.2 Å². The van der Waals surface area contributed by atoms with Gasteiger partial charge in [0, 0.05) is 31.2 Å². The van der Waals surface area contributed by atoms with Crippen LogP contribution in [0.25, 0.3) is 0 Å². The molecule has 0 bridgehead atoms. The summed E-state index contributed by atoms with van der Waals surface area (Å²) in [6.07, 6.45) is 8.26. The predicted molar refractivity (Wildman–Crippen MR) is 88.1 cm³/mol. The third-order valence-corrected chi connectivity index (χ3v) is 6.49. The summed E-state index contributed by atoms with van der Waals surface area (Å²) in [5.41, 5.74) is 1.02. The van der Waals surface area contributed by atoms with Gasteiger partial charge in [-0.15, -0.1) is 0 Å². The summed E-state index contributed by atoms with van der Waals surface area (Å²) in [6, 6.07) is 0.727. The molecule has 2 nitrogen and oxygen atoms in total. The van der Waals surface area contributed by atoms with Gasteiger partial charge >= 0.3 is 0 Å². The van der Waals surface area contributed by atoms with Crippen LogP contribution in [-0.4, -0.2) is 36.1 Å². The van der Waals surface area contributed by atoms with E-state index in [0.717, 1.165) is 12.0 Å². The van der Waals surface area contributed by atoms with Gasteiger partial charge in [0.2, 0.25) is 0 Å². The monoisotopic (exact) mass is 280 g/mol. The standard InChI is InChI=1S/C18H36N2/c1-6-17(10-9-11-17)13-20-14-18(7-2,8-3)19-12-16(20)15(4)5/h15-16,19H,6-14H2,1-5H3. The van der Waals surface area contributed by atoms with E-state index in [-0.39, 0.29) is 0 Å². The van der Waals surface area contributed by atoms with E-state index in [0.29, 0.717) is 11.0 Å². The first-order valence-electron chi connectivity index (χ1n) is 8.99. The number of hydrogen-bond acceptors (Lipinski definition) is 2. The van der Waals surface area contributed by atoms with Crippen LogP contribution in [0.1, 0.15) is 73.1 Å². The number of rotatable bonds is 6. The Morgan fingerprint density at radius 2 is 1.75 bits per heavy atom. The van der Waals surface area contributed by atoms with Gasteiger partial charge in [0.1, 0.15) is 0 Å². The van der Waals surface area contributed by atoms with Gasteiger partial charge in [-0.25, -0.2) is 0 Å². The highest BCUT2D eigenvalue weighted by molar-refractivity contribution is 5.00. The van der Waals surface area contributed by atoms with Crippen molar-refractivity contribution in [3.8, 4) is 0 Å². The highest BCUT2D eigenvalue weighted by Gasteiger charge is 2.43. The predicted octanol–water partition coefficient (Wildman–Crippen LogP) is 4.06. The molecule has 1 heterocycles. The average molecular weight is 281 g/mol. The summed E-state index contributed by atoms with van der Waals surface area (Å²) in [4.78, 5) is 2.86. The summed E-state index contributed by atoms with van der Waals surface area (Å²) in [5.74, 6) is 0.753. The van der Waals surface area contributed by atoms with Crippen LogP contribution in [0.4, 0.5) is 0 Å². The highest BCUT2D eigenvalue weighted by atomic mass is 15.3. The van der Waals surface area contributed by atoms with Crippen LogP contribution in [0.5, 0.6) is 0 Å². The quantitative estimate of drug-likeness (QED) is 0.789. The Morgan fingerprint density at radius 3 is 2.15 bits per heavy atom. The lowest BCUT2D eigenvalue weighted by molar-refractivity contribution is -0.0139. The molecule has 0 aromatic heterocycles. The van der Waals surface area contributed by atoms with Crippen molar-refractivity contribution in [3.05, 3.63) is 0 Å². The van der Waals surface area contributed by atoms with Crippen LogP contribution >= 0.6 is 0 Å². The molecule has 2 aliphatic rings. The van der Waals surface area contributed by atoms with Crippen molar-refractivity contribution in [2.24, 2.45) is 11.3 Å². The molecule has 0 aromatic carbocycles. The number of nitrogens with zero attached hydrogens (tertiary/aromatic N) is 1. The summed E-state index contributed by atoms with van der Waals surface area (Å²) in [5, 5.41) is 3.89. The summed E-state index contributed by atoms with van der Waals surface area (Å²) in [7, 11) is 0. The Bertz CT molecular complexity index is 295. The lowest BCUT2D eigenvalue weighted by Gasteiger charge is -2.53. The first kappa shape index (κ1) is 16.3. The first-order chi connectivity index (χ1) is 9.50. The van der Waals surface area contributed by atoms with Crippen LogP contribution in [0, 0.1) is 11.3 Å². The molecule has 1 N–H and O–H groups in total. The molecule has 1 aliphatic carbocycles. The lowest BCUT2D eigenvalue weighted by atomic mass is 9.66. The van der Waals surface area contributed by atoms with Crippen LogP contribution in [0.2, 0.25) is 0 Å². The molecule has 2 fully saturated rings. The second-order valence-electron chi connectivity index (χ2n) is 7.79. The van der Waals surface area contributed by atoms with Gasteiger partial charge in [-0.05, 0) is 43.4 Å². The fourth-order valence-corrected chi connectivity index (χ4v) is 4.30. The Labute approximate surface area is 126 Å². The van der Waals surface area contributed by atoms with Gasteiger partial charge in [-0.2, -0.15) is 0 Å². The van der Waals surface area contributed by atoms with Crippen LogP contribution in [0.3, 0.4) is 0 Å². The van der Waals surface area contributed by atoms with E-state index < -0.39 is 0 Å². The van der Waals surface area contributed by atoms with Gasteiger partial charge in [0.25, 0.3) is 0 Å². The molecule has 1 aliphatic heterocycles. The summed E-state index contributed by atoms with van der Waals surface area (Å²) >= 11 is 0. The minimum atomic E-state index is 0.365. The SMILES string of the molecule is CCC1(CN2CC(CC)(CC)NCC2C(C)C)CCC1.